The molecule has 2 N–H and O–H groups in total. The van der Waals surface area contributed by atoms with Gasteiger partial charge in [-0.25, -0.2) is 8.42 Å². The Labute approximate surface area is 102 Å². The number of piperidine rings is 1. The van der Waals surface area contributed by atoms with Gasteiger partial charge in [-0.2, -0.15) is 4.31 Å². The van der Waals surface area contributed by atoms with Crippen molar-refractivity contribution < 1.29 is 8.42 Å². The summed E-state index contributed by atoms with van der Waals surface area (Å²) < 4.78 is 27.9. The van der Waals surface area contributed by atoms with Gasteiger partial charge >= 0.3 is 0 Å². The van der Waals surface area contributed by atoms with E-state index < -0.39 is 10.0 Å². The molecule has 0 aromatic carbocycles. The Morgan fingerprint density at radius 3 is 2.71 bits per heavy atom. The van der Waals surface area contributed by atoms with Crippen LogP contribution in [-0.2, 0) is 17.1 Å². The summed E-state index contributed by atoms with van der Waals surface area (Å²) in [7, 11) is -1.53. The number of nitrogens with zero attached hydrogens (tertiary/aromatic N) is 2. The molecule has 1 aromatic heterocycles. The minimum atomic E-state index is -3.34. The first-order valence-electron chi connectivity index (χ1n) is 5.79. The first kappa shape index (κ1) is 12.6. The smallest absolute Gasteiger partial charge is 0.244 e. The van der Waals surface area contributed by atoms with E-state index in [1.54, 1.807) is 23.0 Å². The van der Waals surface area contributed by atoms with Crippen molar-refractivity contribution in [1.29, 1.82) is 0 Å². The van der Waals surface area contributed by atoms with Crippen LogP contribution in [0.15, 0.2) is 23.4 Å². The van der Waals surface area contributed by atoms with Crippen LogP contribution in [-0.4, -0.2) is 36.4 Å². The van der Waals surface area contributed by atoms with E-state index in [2.05, 4.69) is 0 Å². The third-order valence-corrected chi connectivity index (χ3v) is 5.23. The molecular formula is C11H19N3O2S. The number of hydrogen-bond acceptors (Lipinski definition) is 3. The molecule has 0 bridgehead atoms. The molecule has 0 aliphatic carbocycles. The molecular weight excluding hydrogens is 238 g/mol. The predicted molar refractivity (Wildman–Crippen MR) is 65.9 cm³/mol. The molecule has 1 saturated heterocycles. The lowest BCUT2D eigenvalue weighted by Crippen LogP contribution is -2.47. The molecule has 1 aromatic rings. The maximum absolute atomic E-state index is 12.3. The first-order chi connectivity index (χ1) is 7.91. The fourth-order valence-corrected chi connectivity index (χ4v) is 3.73. The van der Waals surface area contributed by atoms with Crippen LogP contribution in [0.1, 0.15) is 13.3 Å². The molecule has 5 nitrogen and oxygen atoms in total. The summed E-state index contributed by atoms with van der Waals surface area (Å²) in [5.74, 6) is 0.210. The summed E-state index contributed by atoms with van der Waals surface area (Å²) in [6, 6.07) is 1.74. The predicted octanol–water partition coefficient (Wildman–Crippen LogP) is 0.383. The SMILES string of the molecule is CC1CN(S(=O)(=O)c2ccn(C)c2)CCC1N. The monoisotopic (exact) mass is 257 g/mol. The van der Waals surface area contributed by atoms with E-state index in [1.165, 1.54) is 4.31 Å². The third kappa shape index (κ3) is 2.38. The van der Waals surface area contributed by atoms with E-state index >= 15 is 0 Å². The van der Waals surface area contributed by atoms with E-state index in [0.29, 0.717) is 18.0 Å². The van der Waals surface area contributed by atoms with E-state index in [9.17, 15) is 8.42 Å². The summed E-state index contributed by atoms with van der Waals surface area (Å²) in [4.78, 5) is 0.364. The second-order valence-electron chi connectivity index (χ2n) is 4.81. The largest absolute Gasteiger partial charge is 0.356 e. The van der Waals surface area contributed by atoms with Gasteiger partial charge in [0, 0.05) is 38.6 Å². The van der Waals surface area contributed by atoms with Gasteiger partial charge in [-0.3, -0.25) is 0 Å². The van der Waals surface area contributed by atoms with Crippen molar-refractivity contribution in [3.05, 3.63) is 18.5 Å². The average Bonchev–Trinajstić information content (AvgIpc) is 2.69. The lowest BCUT2D eigenvalue weighted by atomic mass is 9.96. The Balaban J connectivity index is 2.22. The zero-order chi connectivity index (χ0) is 12.6. The molecule has 2 rings (SSSR count). The van der Waals surface area contributed by atoms with Crippen molar-refractivity contribution in [3.63, 3.8) is 0 Å². The summed E-state index contributed by atoms with van der Waals surface area (Å²) in [6.45, 7) is 3.03. The third-order valence-electron chi connectivity index (χ3n) is 3.38. The Kier molecular flexibility index (Phi) is 3.29. The van der Waals surface area contributed by atoms with Gasteiger partial charge in [0.1, 0.15) is 0 Å². The molecule has 0 spiro atoms. The summed E-state index contributed by atoms with van der Waals surface area (Å²) in [5, 5.41) is 0. The van der Waals surface area contributed by atoms with Crippen LogP contribution >= 0.6 is 0 Å². The Bertz CT molecular complexity index is 495. The van der Waals surface area contributed by atoms with Crippen molar-refractivity contribution >= 4 is 10.0 Å². The molecule has 96 valence electrons. The maximum atomic E-state index is 12.3. The second kappa shape index (κ2) is 4.44. The topological polar surface area (TPSA) is 68.3 Å². The zero-order valence-corrected chi connectivity index (χ0v) is 11.0. The molecule has 1 fully saturated rings. The minimum Gasteiger partial charge on any atom is -0.356 e. The molecule has 2 atom stereocenters. The maximum Gasteiger partial charge on any atom is 0.244 e. The van der Waals surface area contributed by atoms with Gasteiger partial charge in [0.05, 0.1) is 4.90 Å². The Hall–Kier alpha value is -0.850. The molecule has 0 radical (unpaired) electrons. The molecule has 17 heavy (non-hydrogen) atoms. The summed E-state index contributed by atoms with van der Waals surface area (Å²) in [6.07, 6.45) is 4.10. The van der Waals surface area contributed by atoms with Gasteiger partial charge < -0.3 is 10.3 Å². The van der Waals surface area contributed by atoms with Crippen molar-refractivity contribution in [2.45, 2.75) is 24.3 Å². The van der Waals surface area contributed by atoms with Crippen LogP contribution in [0.2, 0.25) is 0 Å². The molecule has 0 amide bonds. The van der Waals surface area contributed by atoms with E-state index in [4.69, 9.17) is 5.73 Å². The zero-order valence-electron chi connectivity index (χ0n) is 10.2. The summed E-state index contributed by atoms with van der Waals surface area (Å²) >= 11 is 0. The number of sulfonamides is 1. The quantitative estimate of drug-likeness (QED) is 0.833. The van der Waals surface area contributed by atoms with E-state index in [0.717, 1.165) is 6.42 Å². The van der Waals surface area contributed by atoms with E-state index in [1.807, 2.05) is 14.0 Å². The molecule has 1 aliphatic heterocycles. The lowest BCUT2D eigenvalue weighted by molar-refractivity contribution is 0.250. The van der Waals surface area contributed by atoms with Crippen molar-refractivity contribution in [2.24, 2.45) is 18.7 Å². The van der Waals surface area contributed by atoms with Crippen LogP contribution in [0, 0.1) is 5.92 Å². The molecule has 2 unspecified atom stereocenters. The van der Waals surface area contributed by atoms with E-state index in [-0.39, 0.29) is 12.0 Å². The van der Waals surface area contributed by atoms with Gasteiger partial charge in [0.2, 0.25) is 10.0 Å². The van der Waals surface area contributed by atoms with Crippen molar-refractivity contribution in [2.75, 3.05) is 13.1 Å². The van der Waals surface area contributed by atoms with Crippen LogP contribution in [0.4, 0.5) is 0 Å². The number of rotatable bonds is 2. The lowest BCUT2D eigenvalue weighted by Gasteiger charge is -2.33. The van der Waals surface area contributed by atoms with Crippen LogP contribution in [0.3, 0.4) is 0 Å². The highest BCUT2D eigenvalue weighted by Crippen LogP contribution is 2.22. The minimum absolute atomic E-state index is 0.109. The van der Waals surface area contributed by atoms with Crippen LogP contribution in [0.25, 0.3) is 0 Å². The molecule has 0 saturated carbocycles. The average molecular weight is 257 g/mol. The standard InChI is InChI=1S/C11H19N3O2S/c1-9-7-14(6-4-11(9)12)17(15,16)10-3-5-13(2)8-10/h3,5,8-9,11H,4,6-7,12H2,1-2H3. The van der Waals surface area contributed by atoms with Crippen molar-refractivity contribution in [3.8, 4) is 0 Å². The fourth-order valence-electron chi connectivity index (χ4n) is 2.12. The number of aryl methyl sites for hydroxylation is 1. The van der Waals surface area contributed by atoms with Crippen LogP contribution in [0.5, 0.6) is 0 Å². The highest BCUT2D eigenvalue weighted by atomic mass is 32.2. The first-order valence-corrected chi connectivity index (χ1v) is 7.23. The second-order valence-corrected chi connectivity index (χ2v) is 6.74. The molecule has 2 heterocycles. The Morgan fingerprint density at radius 2 is 2.18 bits per heavy atom. The molecule has 6 heteroatoms. The van der Waals surface area contributed by atoms with Gasteiger partial charge in [0.15, 0.2) is 0 Å². The number of nitrogens with two attached hydrogens (primary N) is 1. The van der Waals surface area contributed by atoms with Gasteiger partial charge in [-0.1, -0.05) is 6.92 Å². The summed E-state index contributed by atoms with van der Waals surface area (Å²) in [5.41, 5.74) is 5.90. The normalized spacial score (nSPS) is 27.2. The van der Waals surface area contributed by atoms with Gasteiger partial charge in [-0.05, 0) is 18.4 Å². The van der Waals surface area contributed by atoms with Crippen LogP contribution < -0.4 is 5.73 Å². The highest BCUT2D eigenvalue weighted by Gasteiger charge is 2.32. The molecule has 1 aliphatic rings. The number of hydrogen-bond donors (Lipinski definition) is 1. The number of aromatic nitrogens is 1. The highest BCUT2D eigenvalue weighted by molar-refractivity contribution is 7.89. The Morgan fingerprint density at radius 1 is 1.47 bits per heavy atom. The fraction of sp³-hybridized carbons (Fsp3) is 0.636. The van der Waals surface area contributed by atoms with Gasteiger partial charge in [0.25, 0.3) is 0 Å². The van der Waals surface area contributed by atoms with Crippen molar-refractivity contribution in [1.82, 2.24) is 8.87 Å². The van der Waals surface area contributed by atoms with Gasteiger partial charge in [-0.15, -0.1) is 0 Å².